The topological polar surface area (TPSA) is 43.9 Å². The van der Waals surface area contributed by atoms with Gasteiger partial charge in [0.15, 0.2) is 11.6 Å². The maximum atomic E-state index is 13.9. The first kappa shape index (κ1) is 20.3. The lowest BCUT2D eigenvalue weighted by atomic mass is 9.83. The Morgan fingerprint density at radius 3 is 2.52 bits per heavy atom. The Balaban J connectivity index is 1.23. The van der Waals surface area contributed by atoms with Crippen molar-refractivity contribution >= 4 is 11.8 Å². The molecular formula is C22H29F2N3O2. The first-order valence-corrected chi connectivity index (χ1v) is 10.7. The summed E-state index contributed by atoms with van der Waals surface area (Å²) in [4.78, 5) is 30.1. The van der Waals surface area contributed by atoms with Gasteiger partial charge < -0.3 is 9.80 Å². The van der Waals surface area contributed by atoms with Gasteiger partial charge in [0.05, 0.1) is 6.54 Å². The van der Waals surface area contributed by atoms with Gasteiger partial charge in [-0.15, -0.1) is 0 Å². The van der Waals surface area contributed by atoms with Crippen LogP contribution in [0.5, 0.6) is 0 Å². The molecule has 2 amide bonds. The van der Waals surface area contributed by atoms with E-state index in [0.717, 1.165) is 57.9 Å². The monoisotopic (exact) mass is 405 g/mol. The predicted molar refractivity (Wildman–Crippen MR) is 105 cm³/mol. The van der Waals surface area contributed by atoms with Gasteiger partial charge in [-0.05, 0) is 56.7 Å². The second-order valence-electron chi connectivity index (χ2n) is 8.63. The minimum absolute atomic E-state index is 0.0711. The highest BCUT2D eigenvalue weighted by Crippen LogP contribution is 2.32. The van der Waals surface area contributed by atoms with E-state index < -0.39 is 11.6 Å². The van der Waals surface area contributed by atoms with E-state index in [1.165, 1.54) is 0 Å². The Morgan fingerprint density at radius 1 is 1.03 bits per heavy atom. The van der Waals surface area contributed by atoms with Crippen LogP contribution in [0.4, 0.5) is 8.78 Å². The standard InChI is InChI=1S/C22H29F2N3O2/c23-19-4-1-3-18(22(19)24)13-25-10-6-16(7-11-25)17-8-12-27(14-17)21(29)15-26-9-2-5-20(26)28/h1,3-4,16-17H,2,5-15H2. The molecule has 4 rings (SSSR count). The highest BCUT2D eigenvalue weighted by atomic mass is 19.2. The molecule has 0 bridgehead atoms. The maximum Gasteiger partial charge on any atom is 0.242 e. The maximum absolute atomic E-state index is 13.9. The number of hydrogen-bond acceptors (Lipinski definition) is 3. The number of piperidine rings is 1. The third-order valence-corrected chi connectivity index (χ3v) is 6.80. The minimum Gasteiger partial charge on any atom is -0.341 e. The van der Waals surface area contributed by atoms with Crippen LogP contribution in [0, 0.1) is 23.5 Å². The van der Waals surface area contributed by atoms with Crippen molar-refractivity contribution in [3.05, 3.63) is 35.4 Å². The molecule has 1 unspecified atom stereocenters. The highest BCUT2D eigenvalue weighted by Gasteiger charge is 2.35. The Labute approximate surface area is 170 Å². The van der Waals surface area contributed by atoms with Gasteiger partial charge in [-0.2, -0.15) is 0 Å². The van der Waals surface area contributed by atoms with Crippen molar-refractivity contribution in [3.8, 4) is 0 Å². The largest absolute Gasteiger partial charge is 0.341 e. The van der Waals surface area contributed by atoms with E-state index in [9.17, 15) is 18.4 Å². The molecule has 7 heteroatoms. The van der Waals surface area contributed by atoms with Crippen molar-refractivity contribution in [2.24, 2.45) is 11.8 Å². The molecule has 0 N–H and O–H groups in total. The van der Waals surface area contributed by atoms with E-state index in [0.29, 0.717) is 36.9 Å². The first-order chi connectivity index (χ1) is 14.0. The molecule has 0 spiro atoms. The molecule has 3 aliphatic heterocycles. The van der Waals surface area contributed by atoms with Crippen LogP contribution in [0.3, 0.4) is 0 Å². The smallest absolute Gasteiger partial charge is 0.242 e. The number of nitrogens with zero attached hydrogens (tertiary/aromatic N) is 3. The highest BCUT2D eigenvalue weighted by molar-refractivity contribution is 5.86. The van der Waals surface area contributed by atoms with Crippen molar-refractivity contribution in [2.75, 3.05) is 39.3 Å². The van der Waals surface area contributed by atoms with E-state index >= 15 is 0 Å². The van der Waals surface area contributed by atoms with Crippen LogP contribution in [0.15, 0.2) is 18.2 Å². The van der Waals surface area contributed by atoms with Crippen LogP contribution >= 0.6 is 0 Å². The SMILES string of the molecule is O=C1CCCN1CC(=O)N1CCC(C2CCN(Cc3cccc(F)c3F)CC2)C1. The van der Waals surface area contributed by atoms with Crippen LogP contribution in [-0.2, 0) is 16.1 Å². The van der Waals surface area contributed by atoms with Gasteiger partial charge in [0.1, 0.15) is 0 Å². The Morgan fingerprint density at radius 2 is 1.79 bits per heavy atom. The summed E-state index contributed by atoms with van der Waals surface area (Å²) in [5, 5.41) is 0. The molecule has 0 aromatic heterocycles. The molecule has 1 aromatic rings. The summed E-state index contributed by atoms with van der Waals surface area (Å²) in [6, 6.07) is 4.36. The van der Waals surface area contributed by atoms with Gasteiger partial charge in [0.2, 0.25) is 11.8 Å². The molecule has 0 radical (unpaired) electrons. The molecule has 3 aliphatic rings. The van der Waals surface area contributed by atoms with Crippen molar-refractivity contribution in [2.45, 2.75) is 38.6 Å². The Hall–Kier alpha value is -2.02. The van der Waals surface area contributed by atoms with E-state index in [1.807, 2.05) is 4.90 Å². The van der Waals surface area contributed by atoms with Gasteiger partial charge >= 0.3 is 0 Å². The second kappa shape index (κ2) is 8.78. The molecule has 158 valence electrons. The van der Waals surface area contributed by atoms with E-state index in [1.54, 1.807) is 17.0 Å². The quantitative estimate of drug-likeness (QED) is 0.757. The zero-order valence-electron chi connectivity index (χ0n) is 16.8. The lowest BCUT2D eigenvalue weighted by molar-refractivity contribution is -0.137. The molecular weight excluding hydrogens is 376 g/mol. The van der Waals surface area contributed by atoms with Crippen LogP contribution < -0.4 is 0 Å². The normalized spacial score (nSPS) is 23.9. The number of carbonyl (C=O) groups is 2. The number of hydrogen-bond donors (Lipinski definition) is 0. The van der Waals surface area contributed by atoms with Gasteiger partial charge in [0, 0.05) is 38.2 Å². The number of halogens is 2. The van der Waals surface area contributed by atoms with Crippen molar-refractivity contribution in [3.63, 3.8) is 0 Å². The third-order valence-electron chi connectivity index (χ3n) is 6.80. The zero-order valence-corrected chi connectivity index (χ0v) is 16.8. The number of amides is 2. The van der Waals surface area contributed by atoms with Crippen molar-refractivity contribution in [1.82, 2.24) is 14.7 Å². The summed E-state index contributed by atoms with van der Waals surface area (Å²) in [7, 11) is 0. The van der Waals surface area contributed by atoms with Gasteiger partial charge in [-0.25, -0.2) is 8.78 Å². The van der Waals surface area contributed by atoms with Crippen LogP contribution in [-0.4, -0.2) is 65.8 Å². The average Bonchev–Trinajstić information content (AvgIpc) is 3.36. The minimum atomic E-state index is -0.788. The molecule has 1 aromatic carbocycles. The summed E-state index contributed by atoms with van der Waals surface area (Å²) >= 11 is 0. The molecule has 1 atom stereocenters. The number of carbonyl (C=O) groups excluding carboxylic acids is 2. The van der Waals surface area contributed by atoms with Gasteiger partial charge in [-0.3, -0.25) is 14.5 Å². The summed E-state index contributed by atoms with van der Waals surface area (Å²) in [5.41, 5.74) is 0.414. The molecule has 3 saturated heterocycles. The Bertz CT molecular complexity index is 764. The van der Waals surface area contributed by atoms with Crippen molar-refractivity contribution in [1.29, 1.82) is 0 Å². The third kappa shape index (κ3) is 4.60. The molecule has 29 heavy (non-hydrogen) atoms. The fourth-order valence-corrected chi connectivity index (χ4v) is 5.03. The zero-order chi connectivity index (χ0) is 20.4. The number of rotatable bonds is 5. The molecule has 3 fully saturated rings. The number of likely N-dealkylation sites (tertiary alicyclic amines) is 3. The molecule has 0 aliphatic carbocycles. The van der Waals surface area contributed by atoms with Crippen LogP contribution in [0.25, 0.3) is 0 Å². The fraction of sp³-hybridized carbons (Fsp3) is 0.636. The molecule has 5 nitrogen and oxygen atoms in total. The predicted octanol–water partition coefficient (Wildman–Crippen LogP) is 2.65. The fourth-order valence-electron chi connectivity index (χ4n) is 5.03. The van der Waals surface area contributed by atoms with Crippen LogP contribution in [0.1, 0.15) is 37.7 Å². The second-order valence-corrected chi connectivity index (χ2v) is 8.63. The molecule has 0 saturated carbocycles. The van der Waals surface area contributed by atoms with Gasteiger partial charge in [-0.1, -0.05) is 12.1 Å². The summed E-state index contributed by atoms with van der Waals surface area (Å²) in [6.45, 7) is 4.66. The number of benzene rings is 1. The van der Waals surface area contributed by atoms with E-state index in [-0.39, 0.29) is 18.4 Å². The van der Waals surface area contributed by atoms with E-state index in [4.69, 9.17) is 0 Å². The molecule has 3 heterocycles. The van der Waals surface area contributed by atoms with Gasteiger partial charge in [0.25, 0.3) is 0 Å². The summed E-state index contributed by atoms with van der Waals surface area (Å²) in [6.07, 6.45) is 4.48. The van der Waals surface area contributed by atoms with Crippen molar-refractivity contribution < 1.29 is 18.4 Å². The Kier molecular flexibility index (Phi) is 6.13. The lowest BCUT2D eigenvalue weighted by Gasteiger charge is -2.35. The summed E-state index contributed by atoms with van der Waals surface area (Å²) in [5.74, 6) is -0.297. The van der Waals surface area contributed by atoms with E-state index in [2.05, 4.69) is 4.90 Å². The average molecular weight is 405 g/mol. The summed E-state index contributed by atoms with van der Waals surface area (Å²) < 4.78 is 27.3. The lowest BCUT2D eigenvalue weighted by Crippen LogP contribution is -2.40. The van der Waals surface area contributed by atoms with Crippen LogP contribution in [0.2, 0.25) is 0 Å². The first-order valence-electron chi connectivity index (χ1n) is 10.7.